The van der Waals surface area contributed by atoms with Crippen LogP contribution in [0.4, 0.5) is 5.69 Å². The fraction of sp³-hybridized carbons (Fsp3) is 0.263. The van der Waals surface area contributed by atoms with E-state index >= 15 is 0 Å². The Bertz CT molecular complexity index is 670. The molecule has 0 unspecified atom stereocenters. The first-order valence-electron chi connectivity index (χ1n) is 7.91. The van der Waals surface area contributed by atoms with Gasteiger partial charge in [-0.3, -0.25) is 9.59 Å². The molecule has 4 nitrogen and oxygen atoms in total. The van der Waals surface area contributed by atoms with Crippen molar-refractivity contribution in [3.8, 4) is 0 Å². The molecule has 0 bridgehead atoms. The van der Waals surface area contributed by atoms with Crippen LogP contribution in [0.1, 0.15) is 18.4 Å². The molecule has 23 heavy (non-hydrogen) atoms. The molecule has 4 heteroatoms. The quantitative estimate of drug-likeness (QED) is 0.923. The standard InChI is InChI=1S/C19H20N2O2/c22-18(12-11-15-7-3-1-4-8-15)20-16-13-19(23)21(14-16)17-9-5-2-6-10-17/h1-10,16H,11-14H2,(H,20,22)/t16-/m1/s1. The monoisotopic (exact) mass is 308 g/mol. The Balaban J connectivity index is 1.51. The largest absolute Gasteiger partial charge is 0.351 e. The molecular formula is C19H20N2O2. The predicted octanol–water partition coefficient (Wildman–Crippen LogP) is 2.54. The van der Waals surface area contributed by atoms with E-state index in [-0.39, 0.29) is 17.9 Å². The molecule has 2 amide bonds. The number of nitrogens with zero attached hydrogens (tertiary/aromatic N) is 1. The number of hydrogen-bond donors (Lipinski definition) is 1. The zero-order chi connectivity index (χ0) is 16.1. The lowest BCUT2D eigenvalue weighted by Crippen LogP contribution is -2.37. The van der Waals surface area contributed by atoms with E-state index in [1.165, 1.54) is 0 Å². The first kappa shape index (κ1) is 15.3. The van der Waals surface area contributed by atoms with Crippen LogP contribution in [0, 0.1) is 0 Å². The van der Waals surface area contributed by atoms with Crippen molar-refractivity contribution in [3.63, 3.8) is 0 Å². The van der Waals surface area contributed by atoms with E-state index in [0.29, 0.717) is 19.4 Å². The minimum Gasteiger partial charge on any atom is -0.351 e. The molecule has 0 aliphatic carbocycles. The van der Waals surface area contributed by atoms with Gasteiger partial charge in [-0.2, -0.15) is 0 Å². The van der Waals surface area contributed by atoms with Crippen LogP contribution >= 0.6 is 0 Å². The van der Waals surface area contributed by atoms with Crippen molar-refractivity contribution < 1.29 is 9.59 Å². The highest BCUT2D eigenvalue weighted by molar-refractivity contribution is 5.96. The van der Waals surface area contributed by atoms with Crippen molar-refractivity contribution in [2.75, 3.05) is 11.4 Å². The highest BCUT2D eigenvalue weighted by Gasteiger charge is 2.31. The summed E-state index contributed by atoms with van der Waals surface area (Å²) in [6.45, 7) is 0.542. The zero-order valence-corrected chi connectivity index (χ0v) is 12.9. The van der Waals surface area contributed by atoms with Crippen molar-refractivity contribution in [2.24, 2.45) is 0 Å². The third-order valence-corrected chi connectivity index (χ3v) is 4.04. The third kappa shape index (κ3) is 3.97. The van der Waals surface area contributed by atoms with E-state index in [4.69, 9.17) is 0 Å². The Morgan fingerprint density at radius 3 is 2.39 bits per heavy atom. The van der Waals surface area contributed by atoms with Gasteiger partial charge >= 0.3 is 0 Å². The Hall–Kier alpha value is -2.62. The normalized spacial score (nSPS) is 17.3. The van der Waals surface area contributed by atoms with Crippen LogP contribution in [0.15, 0.2) is 60.7 Å². The number of hydrogen-bond acceptors (Lipinski definition) is 2. The van der Waals surface area contributed by atoms with Gasteiger partial charge in [0.15, 0.2) is 0 Å². The molecular weight excluding hydrogens is 288 g/mol. The lowest BCUT2D eigenvalue weighted by Gasteiger charge is -2.17. The molecule has 0 aromatic heterocycles. The van der Waals surface area contributed by atoms with E-state index < -0.39 is 0 Å². The van der Waals surface area contributed by atoms with Gasteiger partial charge in [0.1, 0.15) is 0 Å². The van der Waals surface area contributed by atoms with Gasteiger partial charge in [0.2, 0.25) is 11.8 Å². The van der Waals surface area contributed by atoms with Crippen LogP contribution in [0.5, 0.6) is 0 Å². The first-order valence-corrected chi connectivity index (χ1v) is 7.91. The Kier molecular flexibility index (Phi) is 4.71. The fourth-order valence-corrected chi connectivity index (χ4v) is 2.86. The van der Waals surface area contributed by atoms with Crippen LogP contribution in [0.2, 0.25) is 0 Å². The SMILES string of the molecule is O=C(CCc1ccccc1)N[C@@H]1CC(=O)N(c2ccccc2)C1. The van der Waals surface area contributed by atoms with E-state index in [0.717, 1.165) is 17.7 Å². The van der Waals surface area contributed by atoms with Crippen LogP contribution in [0.3, 0.4) is 0 Å². The molecule has 3 rings (SSSR count). The summed E-state index contributed by atoms with van der Waals surface area (Å²) >= 11 is 0. The molecule has 118 valence electrons. The summed E-state index contributed by atoms with van der Waals surface area (Å²) < 4.78 is 0. The molecule has 0 saturated carbocycles. The third-order valence-electron chi connectivity index (χ3n) is 4.04. The summed E-state index contributed by atoms with van der Waals surface area (Å²) in [6.07, 6.45) is 1.53. The zero-order valence-electron chi connectivity index (χ0n) is 12.9. The molecule has 1 N–H and O–H groups in total. The lowest BCUT2D eigenvalue weighted by molar-refractivity contribution is -0.121. The summed E-state index contributed by atoms with van der Waals surface area (Å²) in [5, 5.41) is 2.98. The molecule has 1 aliphatic heterocycles. The van der Waals surface area contributed by atoms with Crippen molar-refractivity contribution in [3.05, 3.63) is 66.2 Å². The molecule has 1 fully saturated rings. The van der Waals surface area contributed by atoms with Crippen LogP contribution < -0.4 is 10.2 Å². The Labute approximate surface area is 136 Å². The van der Waals surface area contributed by atoms with Gasteiger partial charge in [0.05, 0.1) is 6.04 Å². The number of anilines is 1. The maximum atomic E-state index is 12.1. The van der Waals surface area contributed by atoms with Crippen molar-refractivity contribution in [1.29, 1.82) is 0 Å². The van der Waals surface area contributed by atoms with E-state index in [1.807, 2.05) is 60.7 Å². The minimum atomic E-state index is -0.106. The average Bonchev–Trinajstić information content (AvgIpc) is 2.95. The van der Waals surface area contributed by atoms with Gasteiger partial charge in [-0.25, -0.2) is 0 Å². The number of amides is 2. The first-order chi connectivity index (χ1) is 11.2. The number of carbonyl (C=O) groups is 2. The van der Waals surface area contributed by atoms with Crippen LogP contribution in [0.25, 0.3) is 0 Å². The number of para-hydroxylation sites is 1. The maximum Gasteiger partial charge on any atom is 0.229 e. The van der Waals surface area contributed by atoms with Gasteiger partial charge in [0, 0.05) is 25.1 Å². The number of nitrogens with one attached hydrogen (secondary N) is 1. The molecule has 1 saturated heterocycles. The molecule has 1 aliphatic rings. The summed E-state index contributed by atoms with van der Waals surface area (Å²) in [6, 6.07) is 19.4. The topological polar surface area (TPSA) is 49.4 Å². The van der Waals surface area contributed by atoms with E-state index in [2.05, 4.69) is 5.32 Å². The fourth-order valence-electron chi connectivity index (χ4n) is 2.86. The highest BCUT2D eigenvalue weighted by Crippen LogP contribution is 2.21. The smallest absolute Gasteiger partial charge is 0.229 e. The van der Waals surface area contributed by atoms with Gasteiger partial charge < -0.3 is 10.2 Å². The van der Waals surface area contributed by atoms with Crippen LogP contribution in [-0.4, -0.2) is 24.4 Å². The van der Waals surface area contributed by atoms with Gasteiger partial charge in [-0.15, -0.1) is 0 Å². The minimum absolute atomic E-state index is 0.00145. The van der Waals surface area contributed by atoms with Crippen molar-refractivity contribution in [1.82, 2.24) is 5.32 Å². The second kappa shape index (κ2) is 7.09. The molecule has 2 aromatic rings. The van der Waals surface area contributed by atoms with Gasteiger partial charge in [0.25, 0.3) is 0 Å². The molecule has 1 atom stereocenters. The van der Waals surface area contributed by atoms with E-state index in [1.54, 1.807) is 4.90 Å². The van der Waals surface area contributed by atoms with Crippen molar-refractivity contribution in [2.45, 2.75) is 25.3 Å². The van der Waals surface area contributed by atoms with Crippen molar-refractivity contribution >= 4 is 17.5 Å². The molecule has 0 spiro atoms. The Morgan fingerprint density at radius 1 is 1.04 bits per heavy atom. The molecule has 0 radical (unpaired) electrons. The van der Waals surface area contributed by atoms with Gasteiger partial charge in [-0.05, 0) is 24.1 Å². The molecule has 2 aromatic carbocycles. The summed E-state index contributed by atoms with van der Waals surface area (Å²) in [4.78, 5) is 25.9. The number of benzene rings is 2. The summed E-state index contributed by atoms with van der Waals surface area (Å²) in [5.74, 6) is 0.0612. The summed E-state index contributed by atoms with van der Waals surface area (Å²) in [7, 11) is 0. The summed E-state index contributed by atoms with van der Waals surface area (Å²) in [5.41, 5.74) is 2.04. The number of aryl methyl sites for hydroxylation is 1. The average molecular weight is 308 g/mol. The second-order valence-electron chi connectivity index (χ2n) is 5.79. The second-order valence-corrected chi connectivity index (χ2v) is 5.79. The predicted molar refractivity (Wildman–Crippen MR) is 90.1 cm³/mol. The highest BCUT2D eigenvalue weighted by atomic mass is 16.2. The Morgan fingerprint density at radius 2 is 1.70 bits per heavy atom. The number of rotatable bonds is 5. The molecule has 1 heterocycles. The maximum absolute atomic E-state index is 12.1. The van der Waals surface area contributed by atoms with Crippen LogP contribution in [-0.2, 0) is 16.0 Å². The van der Waals surface area contributed by atoms with Gasteiger partial charge in [-0.1, -0.05) is 48.5 Å². The number of carbonyl (C=O) groups excluding carboxylic acids is 2. The lowest BCUT2D eigenvalue weighted by atomic mass is 10.1. The van der Waals surface area contributed by atoms with E-state index in [9.17, 15) is 9.59 Å².